The molecular weight excluding hydrogens is 435 g/mol. The Kier molecular flexibility index (Phi) is 5.12. The van der Waals surface area contributed by atoms with Crippen LogP contribution in [0.15, 0.2) is 63.1 Å². The number of methoxy groups -OCH3 is 1. The molecule has 1 atom stereocenters. The first kappa shape index (κ1) is 22.0. The molecule has 2 aromatic rings. The van der Waals surface area contributed by atoms with E-state index in [4.69, 9.17) is 4.74 Å². The number of ether oxygens (including phenoxy) is 1. The van der Waals surface area contributed by atoms with Crippen molar-refractivity contribution in [1.82, 2.24) is 4.90 Å². The second kappa shape index (κ2) is 7.44. The van der Waals surface area contributed by atoms with Crippen molar-refractivity contribution < 1.29 is 27.4 Å². The van der Waals surface area contributed by atoms with Gasteiger partial charge in [0.05, 0.1) is 13.2 Å². The molecule has 0 aliphatic carbocycles. The summed E-state index contributed by atoms with van der Waals surface area (Å²) >= 11 is 0. The van der Waals surface area contributed by atoms with E-state index in [1.165, 1.54) is 36.3 Å². The first-order chi connectivity index (χ1) is 15.0. The lowest BCUT2D eigenvalue weighted by molar-refractivity contribution is -0.129. The first-order valence-electron chi connectivity index (χ1n) is 9.97. The molecule has 7 nitrogen and oxygen atoms in total. The smallest absolute Gasteiger partial charge is 0.287 e. The van der Waals surface area contributed by atoms with E-state index >= 15 is 0 Å². The van der Waals surface area contributed by atoms with Crippen molar-refractivity contribution >= 4 is 21.6 Å². The van der Waals surface area contributed by atoms with Gasteiger partial charge in [-0.2, -0.15) is 12.8 Å². The highest BCUT2D eigenvalue weighted by atomic mass is 32.2. The van der Waals surface area contributed by atoms with Gasteiger partial charge in [0, 0.05) is 12.1 Å². The fourth-order valence-corrected chi connectivity index (χ4v) is 5.60. The SMILES string of the molecule is COc1cccc2c1S(=O)(=O)N=C2C1=C(O)C(C(C)(C)C)N(Cc2ccc(F)cc2)C1=O. The summed E-state index contributed by atoms with van der Waals surface area (Å²) in [7, 11) is -2.76. The van der Waals surface area contributed by atoms with Gasteiger partial charge in [-0.3, -0.25) is 4.79 Å². The summed E-state index contributed by atoms with van der Waals surface area (Å²) in [5.74, 6) is -1.07. The van der Waals surface area contributed by atoms with Crippen LogP contribution in [0.2, 0.25) is 0 Å². The Morgan fingerprint density at radius 2 is 1.81 bits per heavy atom. The van der Waals surface area contributed by atoms with E-state index in [1.807, 2.05) is 20.8 Å². The standard InChI is InChI=1S/C23H23FN2O5S/c1-23(2,3)21-19(27)17(22(28)26(21)12-13-8-10-14(24)11-9-13)18-15-6-5-7-16(31-4)20(15)32(29,30)25-18/h5-11,21,27H,12H2,1-4H3. The highest BCUT2D eigenvalue weighted by Gasteiger charge is 2.49. The molecule has 0 fully saturated rings. The van der Waals surface area contributed by atoms with Crippen molar-refractivity contribution in [2.45, 2.75) is 38.3 Å². The van der Waals surface area contributed by atoms with Crippen LogP contribution in [0.4, 0.5) is 4.39 Å². The Hall–Kier alpha value is -3.20. The van der Waals surface area contributed by atoms with Crippen molar-refractivity contribution in [2.75, 3.05) is 7.11 Å². The molecule has 4 rings (SSSR count). The van der Waals surface area contributed by atoms with Crippen LogP contribution in [0.5, 0.6) is 5.75 Å². The second-order valence-corrected chi connectivity index (χ2v) is 10.4. The summed E-state index contributed by atoms with van der Waals surface area (Å²) in [6.45, 7) is 5.71. The van der Waals surface area contributed by atoms with Gasteiger partial charge in [-0.25, -0.2) is 4.39 Å². The summed E-state index contributed by atoms with van der Waals surface area (Å²) in [6, 6.07) is 9.63. The maximum Gasteiger partial charge on any atom is 0.287 e. The molecule has 1 amide bonds. The first-order valence-corrected chi connectivity index (χ1v) is 11.4. The number of aliphatic hydroxyl groups excluding tert-OH is 1. The maximum atomic E-state index is 13.5. The van der Waals surface area contributed by atoms with Gasteiger partial charge in [0.15, 0.2) is 0 Å². The van der Waals surface area contributed by atoms with E-state index < -0.39 is 33.2 Å². The van der Waals surface area contributed by atoms with Gasteiger partial charge in [-0.1, -0.05) is 45.0 Å². The largest absolute Gasteiger partial charge is 0.509 e. The van der Waals surface area contributed by atoms with Gasteiger partial charge in [-0.15, -0.1) is 0 Å². The second-order valence-electron chi connectivity index (χ2n) is 8.84. The van der Waals surface area contributed by atoms with Crippen LogP contribution >= 0.6 is 0 Å². The Morgan fingerprint density at radius 1 is 1.16 bits per heavy atom. The fourth-order valence-electron chi connectivity index (χ4n) is 4.23. The van der Waals surface area contributed by atoms with Gasteiger partial charge >= 0.3 is 0 Å². The number of carbonyl (C=O) groups is 1. The lowest BCUT2D eigenvalue weighted by atomic mass is 9.84. The van der Waals surface area contributed by atoms with E-state index in [1.54, 1.807) is 18.2 Å². The predicted molar refractivity (Wildman–Crippen MR) is 117 cm³/mol. The van der Waals surface area contributed by atoms with Crippen LogP contribution in [0.25, 0.3) is 0 Å². The summed E-state index contributed by atoms with van der Waals surface area (Å²) in [5, 5.41) is 11.2. The molecule has 0 radical (unpaired) electrons. The molecule has 2 aliphatic heterocycles. The minimum absolute atomic E-state index is 0.0998. The van der Waals surface area contributed by atoms with E-state index in [2.05, 4.69) is 4.40 Å². The van der Waals surface area contributed by atoms with Crippen molar-refractivity contribution in [1.29, 1.82) is 0 Å². The van der Waals surface area contributed by atoms with Gasteiger partial charge in [0.1, 0.15) is 33.5 Å². The minimum Gasteiger partial charge on any atom is -0.509 e. The van der Waals surface area contributed by atoms with Crippen LogP contribution in [-0.2, 0) is 21.4 Å². The topological polar surface area (TPSA) is 96.3 Å². The van der Waals surface area contributed by atoms with Crippen LogP contribution < -0.4 is 4.74 Å². The molecule has 1 N–H and O–H groups in total. The summed E-state index contributed by atoms with van der Waals surface area (Å²) in [5.41, 5.74) is 0.0538. The zero-order valence-corrected chi connectivity index (χ0v) is 18.9. The number of amides is 1. The zero-order valence-electron chi connectivity index (χ0n) is 18.1. The van der Waals surface area contributed by atoms with Crippen molar-refractivity contribution in [2.24, 2.45) is 9.81 Å². The summed E-state index contributed by atoms with van der Waals surface area (Å²) in [6.07, 6.45) is 0. The molecule has 0 bridgehead atoms. The van der Waals surface area contributed by atoms with Crippen molar-refractivity contribution in [3.05, 3.63) is 70.7 Å². The number of aliphatic hydroxyl groups is 1. The van der Waals surface area contributed by atoms with E-state index in [-0.39, 0.29) is 39.8 Å². The normalized spacial score (nSPS) is 19.9. The van der Waals surface area contributed by atoms with E-state index in [0.717, 1.165) is 0 Å². The number of hydrogen-bond donors (Lipinski definition) is 1. The van der Waals surface area contributed by atoms with Crippen LogP contribution in [0, 0.1) is 11.2 Å². The number of rotatable bonds is 4. The molecule has 2 aliphatic rings. The molecule has 0 saturated heterocycles. The third-order valence-corrected chi connectivity index (χ3v) is 6.91. The monoisotopic (exact) mass is 458 g/mol. The summed E-state index contributed by atoms with van der Waals surface area (Å²) < 4.78 is 47.9. The van der Waals surface area contributed by atoms with Gasteiger partial charge in [-0.05, 0) is 29.2 Å². The number of carbonyl (C=O) groups excluding carboxylic acids is 1. The number of hydrogen-bond acceptors (Lipinski definition) is 5. The Labute approximate surface area is 185 Å². The van der Waals surface area contributed by atoms with Crippen LogP contribution in [0.3, 0.4) is 0 Å². The van der Waals surface area contributed by atoms with E-state index in [0.29, 0.717) is 5.56 Å². The molecule has 1 unspecified atom stereocenters. The Morgan fingerprint density at radius 3 is 2.41 bits per heavy atom. The molecule has 168 valence electrons. The van der Waals surface area contributed by atoms with Crippen LogP contribution in [-0.4, -0.2) is 43.2 Å². The van der Waals surface area contributed by atoms with E-state index in [9.17, 15) is 22.7 Å². The lowest BCUT2D eigenvalue weighted by Gasteiger charge is -2.35. The third-order valence-electron chi connectivity index (χ3n) is 5.55. The molecule has 0 aromatic heterocycles. The molecule has 2 aromatic carbocycles. The molecular formula is C23H23FN2O5S. The Bertz CT molecular complexity index is 1270. The quantitative estimate of drug-likeness (QED) is 0.755. The molecule has 2 heterocycles. The zero-order chi connectivity index (χ0) is 23.4. The average molecular weight is 459 g/mol. The van der Waals surface area contributed by atoms with Gasteiger partial charge in [0.25, 0.3) is 15.9 Å². The maximum absolute atomic E-state index is 13.5. The molecule has 9 heteroatoms. The third kappa shape index (κ3) is 3.46. The number of halogens is 1. The van der Waals surface area contributed by atoms with Crippen LogP contribution in [0.1, 0.15) is 31.9 Å². The van der Waals surface area contributed by atoms with Gasteiger partial charge in [0.2, 0.25) is 0 Å². The summed E-state index contributed by atoms with van der Waals surface area (Å²) in [4.78, 5) is 14.9. The predicted octanol–water partition coefficient (Wildman–Crippen LogP) is 3.59. The average Bonchev–Trinajstić information content (AvgIpc) is 3.13. The Balaban J connectivity index is 1.84. The number of fused-ring (bicyclic) bond motifs is 1. The number of nitrogens with zero attached hydrogens (tertiary/aromatic N) is 2. The van der Waals surface area contributed by atoms with Crippen molar-refractivity contribution in [3.8, 4) is 5.75 Å². The van der Waals surface area contributed by atoms with Gasteiger partial charge < -0.3 is 14.7 Å². The van der Waals surface area contributed by atoms with Crippen molar-refractivity contribution in [3.63, 3.8) is 0 Å². The fraction of sp³-hybridized carbons (Fsp3) is 0.304. The number of benzene rings is 2. The molecule has 0 spiro atoms. The lowest BCUT2D eigenvalue weighted by Crippen LogP contribution is -2.43. The number of sulfonamides is 1. The highest BCUT2D eigenvalue weighted by Crippen LogP contribution is 2.42. The minimum atomic E-state index is -4.11. The molecule has 32 heavy (non-hydrogen) atoms. The molecule has 0 saturated carbocycles. The highest BCUT2D eigenvalue weighted by molar-refractivity contribution is 7.91.